The van der Waals surface area contributed by atoms with Gasteiger partial charge in [0.15, 0.2) is 34.7 Å². The maximum atomic E-state index is 14.2. The quantitative estimate of drug-likeness (QED) is 0.273. The van der Waals surface area contributed by atoms with Gasteiger partial charge >= 0.3 is 5.97 Å². The van der Waals surface area contributed by atoms with Crippen molar-refractivity contribution in [2.24, 2.45) is 29.4 Å². The summed E-state index contributed by atoms with van der Waals surface area (Å²) in [4.78, 5) is 80.2. The normalized spacial score (nSPS) is 31.4. The summed E-state index contributed by atoms with van der Waals surface area (Å²) in [5.41, 5.74) is 3.12. The Balaban J connectivity index is 1.76. The minimum Gasteiger partial charge on any atom is -0.507 e. The molecule has 2 fully saturated rings. The third kappa shape index (κ3) is 3.94. The lowest BCUT2D eigenvalue weighted by Gasteiger charge is -2.55. The van der Waals surface area contributed by atoms with Crippen LogP contribution >= 0.6 is 0 Å². The van der Waals surface area contributed by atoms with Crippen LogP contribution in [0.4, 0.5) is 0 Å². The number of ether oxygens (including phenoxy) is 1. The van der Waals surface area contributed by atoms with Gasteiger partial charge in [0.2, 0.25) is 5.91 Å². The highest BCUT2D eigenvalue weighted by Crippen LogP contribution is 2.54. The van der Waals surface area contributed by atoms with E-state index in [1.807, 2.05) is 0 Å². The second-order valence-corrected chi connectivity index (χ2v) is 10.9. The number of aliphatic hydroxyl groups excluding tert-OH is 1. The first-order chi connectivity index (χ1) is 19.8. The van der Waals surface area contributed by atoms with Crippen LogP contribution in [0.25, 0.3) is 11.6 Å². The number of nitrogens with zero attached hydrogens (tertiary/aromatic N) is 1. The van der Waals surface area contributed by atoms with Gasteiger partial charge in [-0.2, -0.15) is 0 Å². The number of benzene rings is 2. The summed E-state index contributed by atoms with van der Waals surface area (Å²) in [5, 5.41) is 34.4. The van der Waals surface area contributed by atoms with Crippen LogP contribution in [-0.4, -0.2) is 94.2 Å². The summed E-state index contributed by atoms with van der Waals surface area (Å²) in [6.45, 7) is 0. The second kappa shape index (κ2) is 10.1. The molecule has 0 bridgehead atoms. The number of esters is 1. The van der Waals surface area contributed by atoms with Crippen LogP contribution in [0, 0.1) is 23.7 Å². The number of amides is 1. The zero-order valence-corrected chi connectivity index (χ0v) is 22.8. The van der Waals surface area contributed by atoms with E-state index in [4.69, 9.17) is 10.5 Å². The molecule has 5 rings (SSSR count). The number of likely N-dealkylation sites (N-methyl/N-ethyl adjacent to an activating group) is 1. The van der Waals surface area contributed by atoms with E-state index in [1.165, 1.54) is 56.4 Å². The highest BCUT2D eigenvalue weighted by molar-refractivity contribution is 6.33. The van der Waals surface area contributed by atoms with E-state index in [-0.39, 0.29) is 22.3 Å². The Bertz CT molecular complexity index is 1590. The molecule has 0 radical (unpaired) electrons. The highest BCUT2D eigenvalue weighted by atomic mass is 16.5. The van der Waals surface area contributed by atoms with Crippen molar-refractivity contribution in [3.05, 3.63) is 64.7 Å². The van der Waals surface area contributed by atoms with Crippen molar-refractivity contribution in [3.8, 4) is 5.75 Å². The SMILES string of the molecule is COC(=O)c1ccc(C=C2c3cccc(O)c3C(=O)C3C(=O)C4(O)C(=O)C(C(N)=O)C(=O)C(N(C)C)C4C(O)C23)cc1. The maximum Gasteiger partial charge on any atom is 0.337 e. The first-order valence-electron chi connectivity index (χ1n) is 13.0. The van der Waals surface area contributed by atoms with Crippen LogP contribution in [0.1, 0.15) is 31.8 Å². The highest BCUT2D eigenvalue weighted by Gasteiger charge is 2.72. The lowest BCUT2D eigenvalue weighted by Crippen LogP contribution is -2.77. The van der Waals surface area contributed by atoms with Gasteiger partial charge in [0.1, 0.15) is 5.75 Å². The molecule has 3 aliphatic carbocycles. The number of carbonyl (C=O) groups is 6. The number of fused-ring (bicyclic) bond motifs is 3. The average Bonchev–Trinajstić information content (AvgIpc) is 2.94. The van der Waals surface area contributed by atoms with Crippen LogP contribution < -0.4 is 5.73 Å². The van der Waals surface area contributed by atoms with E-state index >= 15 is 0 Å². The molecule has 12 heteroatoms. The predicted molar refractivity (Wildman–Crippen MR) is 145 cm³/mol. The number of nitrogens with two attached hydrogens (primary N) is 1. The lowest BCUT2D eigenvalue weighted by atomic mass is 9.50. The largest absolute Gasteiger partial charge is 0.507 e. The summed E-state index contributed by atoms with van der Waals surface area (Å²) >= 11 is 0. The fourth-order valence-corrected chi connectivity index (χ4v) is 6.68. The zero-order valence-electron chi connectivity index (χ0n) is 22.8. The number of methoxy groups -OCH3 is 1. The summed E-state index contributed by atoms with van der Waals surface area (Å²) in [5.74, 6) is -14.3. The molecule has 5 N–H and O–H groups in total. The smallest absolute Gasteiger partial charge is 0.337 e. The molecule has 0 spiro atoms. The molecule has 1 amide bonds. The summed E-state index contributed by atoms with van der Waals surface area (Å²) < 4.78 is 4.72. The first-order valence-corrected chi connectivity index (χ1v) is 13.0. The Hall–Kier alpha value is -4.52. The minimum atomic E-state index is -3.10. The summed E-state index contributed by atoms with van der Waals surface area (Å²) in [7, 11) is 4.06. The van der Waals surface area contributed by atoms with Gasteiger partial charge in [0, 0.05) is 5.92 Å². The number of Topliss-reactive ketones (excluding diaryl/α,β-unsaturated/α-hetero) is 4. The van der Waals surface area contributed by atoms with E-state index in [0.717, 1.165) is 0 Å². The Labute approximate surface area is 239 Å². The Morgan fingerprint density at radius 1 is 1.02 bits per heavy atom. The molecule has 42 heavy (non-hydrogen) atoms. The van der Waals surface area contributed by atoms with E-state index in [9.17, 15) is 44.1 Å². The maximum absolute atomic E-state index is 14.2. The number of hydrogen-bond donors (Lipinski definition) is 4. The van der Waals surface area contributed by atoms with Gasteiger partial charge in [-0.3, -0.25) is 28.9 Å². The Morgan fingerprint density at radius 3 is 2.24 bits per heavy atom. The monoisotopic (exact) mass is 576 g/mol. The molecule has 7 unspecified atom stereocenters. The number of aromatic hydroxyl groups is 1. The van der Waals surface area contributed by atoms with Crippen molar-refractivity contribution in [2.45, 2.75) is 17.7 Å². The number of phenols is 1. The molecule has 0 saturated heterocycles. The van der Waals surface area contributed by atoms with E-state index < -0.39 is 82.2 Å². The molecule has 0 aliphatic heterocycles. The van der Waals surface area contributed by atoms with Gasteiger partial charge < -0.3 is 25.8 Å². The molecule has 3 aliphatic rings. The van der Waals surface area contributed by atoms with Crippen molar-refractivity contribution in [1.29, 1.82) is 0 Å². The minimum absolute atomic E-state index is 0.195. The zero-order chi connectivity index (χ0) is 30.8. The number of primary amides is 1. The Morgan fingerprint density at radius 2 is 1.67 bits per heavy atom. The summed E-state index contributed by atoms with van der Waals surface area (Å²) in [6, 6.07) is 8.82. The fourth-order valence-electron chi connectivity index (χ4n) is 6.68. The molecule has 2 aromatic carbocycles. The molecule has 218 valence electrons. The number of aliphatic hydroxyl groups is 2. The first kappa shape index (κ1) is 29.0. The average molecular weight is 577 g/mol. The standard InChI is InChI=1S/C30H28N2O10/c1-32(2)22-21-24(35)18-15(11-12-7-9-13(10-8-12)29(40)42-3)14-5-4-6-16(33)17(14)23(34)19(18)26(37)30(21,41)27(38)20(25(22)36)28(31)39/h4-11,18-22,24,33,35,41H,1-3H3,(H2,31,39). The number of phenolic OH excluding ortho intramolecular Hbond substituents is 1. The number of carbonyl (C=O) groups excluding carboxylic acids is 6. The molecule has 12 nitrogen and oxygen atoms in total. The third-order valence-corrected chi connectivity index (χ3v) is 8.53. The van der Waals surface area contributed by atoms with Gasteiger partial charge in [0.05, 0.1) is 42.2 Å². The van der Waals surface area contributed by atoms with E-state index in [1.54, 1.807) is 18.2 Å². The molecular weight excluding hydrogens is 548 g/mol. The predicted octanol–water partition coefficient (Wildman–Crippen LogP) is -0.377. The van der Waals surface area contributed by atoms with Gasteiger partial charge in [-0.1, -0.05) is 30.3 Å². The molecular formula is C30H28N2O10. The van der Waals surface area contributed by atoms with Crippen LogP contribution in [0.15, 0.2) is 42.5 Å². The van der Waals surface area contributed by atoms with Gasteiger partial charge in [-0.25, -0.2) is 4.79 Å². The van der Waals surface area contributed by atoms with Crippen LogP contribution in [0.3, 0.4) is 0 Å². The third-order valence-electron chi connectivity index (χ3n) is 8.53. The molecule has 2 saturated carbocycles. The van der Waals surface area contributed by atoms with Gasteiger partial charge in [-0.05, 0) is 49.0 Å². The molecule has 0 aromatic heterocycles. The fraction of sp³-hybridized carbons (Fsp3) is 0.333. The van der Waals surface area contributed by atoms with Crippen molar-refractivity contribution in [1.82, 2.24) is 4.90 Å². The molecule has 7 atom stereocenters. The van der Waals surface area contributed by atoms with E-state index in [0.29, 0.717) is 5.56 Å². The van der Waals surface area contributed by atoms with Gasteiger partial charge in [0.25, 0.3) is 0 Å². The summed E-state index contributed by atoms with van der Waals surface area (Å²) in [6.07, 6.45) is -0.278. The van der Waals surface area contributed by atoms with E-state index in [2.05, 4.69) is 0 Å². The van der Waals surface area contributed by atoms with Crippen molar-refractivity contribution < 1.29 is 48.8 Å². The van der Waals surface area contributed by atoms with Crippen LogP contribution in [0.2, 0.25) is 0 Å². The number of rotatable bonds is 4. The van der Waals surface area contributed by atoms with Crippen LogP contribution in [0.5, 0.6) is 5.75 Å². The molecule has 0 heterocycles. The van der Waals surface area contributed by atoms with Crippen molar-refractivity contribution in [2.75, 3.05) is 21.2 Å². The van der Waals surface area contributed by atoms with Crippen LogP contribution in [-0.2, 0) is 23.9 Å². The number of ketones is 4. The lowest BCUT2D eigenvalue weighted by molar-refractivity contribution is -0.192. The molecule has 2 aromatic rings. The Kier molecular flexibility index (Phi) is 6.96. The van der Waals surface area contributed by atoms with Gasteiger partial charge in [-0.15, -0.1) is 0 Å². The topological polar surface area (TPSA) is 202 Å². The number of hydrogen-bond acceptors (Lipinski definition) is 11. The second-order valence-electron chi connectivity index (χ2n) is 10.9. The van der Waals surface area contributed by atoms with Crippen molar-refractivity contribution >= 4 is 46.7 Å². The van der Waals surface area contributed by atoms with Crippen molar-refractivity contribution in [3.63, 3.8) is 0 Å².